The van der Waals surface area contributed by atoms with E-state index in [1.165, 1.54) is 6.92 Å². The Morgan fingerprint density at radius 3 is 2.48 bits per heavy atom. The predicted octanol–water partition coefficient (Wildman–Crippen LogP) is 2.09. The molecule has 0 radical (unpaired) electrons. The van der Waals surface area contributed by atoms with Gasteiger partial charge in [0, 0.05) is 12.1 Å². The van der Waals surface area contributed by atoms with Crippen LogP contribution in [0.4, 0.5) is 5.69 Å². The summed E-state index contributed by atoms with van der Waals surface area (Å²) in [7, 11) is -4.63. The standard InChI is InChI=1S/C19H15N3O8S/c1-2-29-19(24)18-16(12-17(23)21(20-18)13-7-4-3-5-8-13)30-31(27,28)15-10-6-9-14(11-15)22(25)26/h3-12H,2H2,1H3. The van der Waals surface area contributed by atoms with Crippen molar-refractivity contribution in [3.8, 4) is 11.4 Å². The van der Waals surface area contributed by atoms with Gasteiger partial charge in [0.25, 0.3) is 11.2 Å². The number of hydrogen-bond acceptors (Lipinski definition) is 9. The SMILES string of the molecule is CCOC(=O)c1nn(-c2ccccc2)c(=O)cc1OS(=O)(=O)c1cccc([N+](=O)[O-])c1. The first-order valence-electron chi connectivity index (χ1n) is 8.79. The van der Waals surface area contributed by atoms with Gasteiger partial charge in [0.1, 0.15) is 4.90 Å². The highest BCUT2D eigenvalue weighted by molar-refractivity contribution is 7.87. The van der Waals surface area contributed by atoms with Crippen molar-refractivity contribution in [3.05, 3.63) is 86.8 Å². The van der Waals surface area contributed by atoms with Crippen molar-refractivity contribution in [2.75, 3.05) is 6.61 Å². The molecule has 0 aliphatic heterocycles. The lowest BCUT2D eigenvalue weighted by atomic mass is 10.3. The van der Waals surface area contributed by atoms with Crippen LogP contribution in [-0.2, 0) is 14.9 Å². The van der Waals surface area contributed by atoms with Gasteiger partial charge in [-0.2, -0.15) is 18.2 Å². The second-order valence-corrected chi connectivity index (χ2v) is 7.50. The van der Waals surface area contributed by atoms with Crippen LogP contribution in [0, 0.1) is 10.1 Å². The third-order valence-electron chi connectivity index (χ3n) is 3.88. The fraction of sp³-hybridized carbons (Fsp3) is 0.105. The Labute approximate surface area is 175 Å². The van der Waals surface area contributed by atoms with Crippen LogP contribution in [0.15, 0.2) is 70.4 Å². The summed E-state index contributed by atoms with van der Waals surface area (Å²) in [6.07, 6.45) is 0. The van der Waals surface area contributed by atoms with E-state index < -0.39 is 48.6 Å². The highest BCUT2D eigenvalue weighted by Gasteiger charge is 2.26. The first-order valence-corrected chi connectivity index (χ1v) is 10.2. The molecule has 0 unspecified atom stereocenters. The Morgan fingerprint density at radius 1 is 1.13 bits per heavy atom. The number of nitro benzene ring substituents is 1. The summed E-state index contributed by atoms with van der Waals surface area (Å²) >= 11 is 0. The average molecular weight is 445 g/mol. The number of carbonyl (C=O) groups excluding carboxylic acids is 1. The van der Waals surface area contributed by atoms with Gasteiger partial charge in [0.05, 0.1) is 23.3 Å². The van der Waals surface area contributed by atoms with E-state index in [1.807, 2.05) is 0 Å². The fourth-order valence-electron chi connectivity index (χ4n) is 2.52. The van der Waals surface area contributed by atoms with Crippen LogP contribution < -0.4 is 9.74 Å². The molecule has 3 aromatic rings. The van der Waals surface area contributed by atoms with Crippen molar-refractivity contribution in [2.45, 2.75) is 11.8 Å². The van der Waals surface area contributed by atoms with Crippen LogP contribution in [0.25, 0.3) is 5.69 Å². The number of nitro groups is 1. The van der Waals surface area contributed by atoms with E-state index in [0.717, 1.165) is 35.0 Å². The Balaban J connectivity index is 2.10. The number of rotatable bonds is 7. The molecule has 3 rings (SSSR count). The normalized spacial score (nSPS) is 11.0. The fourth-order valence-corrected chi connectivity index (χ4v) is 3.49. The number of nitrogens with zero attached hydrogens (tertiary/aromatic N) is 3. The Morgan fingerprint density at radius 2 is 1.84 bits per heavy atom. The monoisotopic (exact) mass is 445 g/mol. The van der Waals surface area contributed by atoms with E-state index in [-0.39, 0.29) is 6.61 Å². The number of esters is 1. The maximum Gasteiger partial charge on any atom is 0.362 e. The number of hydrogen-bond donors (Lipinski definition) is 0. The molecule has 0 spiro atoms. The molecule has 0 saturated carbocycles. The van der Waals surface area contributed by atoms with E-state index in [9.17, 15) is 28.1 Å². The van der Waals surface area contributed by atoms with E-state index >= 15 is 0 Å². The maximum absolute atomic E-state index is 12.6. The van der Waals surface area contributed by atoms with Crippen molar-refractivity contribution >= 4 is 21.8 Å². The lowest BCUT2D eigenvalue weighted by Gasteiger charge is -2.12. The molecule has 11 nitrogen and oxygen atoms in total. The molecule has 31 heavy (non-hydrogen) atoms. The molecule has 1 heterocycles. The molecule has 0 aliphatic rings. The minimum Gasteiger partial charge on any atom is -0.461 e. The van der Waals surface area contributed by atoms with Gasteiger partial charge in [-0.3, -0.25) is 14.9 Å². The van der Waals surface area contributed by atoms with Crippen LogP contribution in [-0.4, -0.2) is 35.7 Å². The molecule has 0 bridgehead atoms. The average Bonchev–Trinajstić information content (AvgIpc) is 2.74. The molecule has 0 amide bonds. The van der Waals surface area contributed by atoms with Gasteiger partial charge in [0.2, 0.25) is 5.69 Å². The number of aromatic nitrogens is 2. The lowest BCUT2D eigenvalue weighted by molar-refractivity contribution is -0.385. The zero-order valence-corrected chi connectivity index (χ0v) is 16.8. The van der Waals surface area contributed by atoms with Gasteiger partial charge in [-0.15, -0.1) is 0 Å². The van der Waals surface area contributed by atoms with E-state index in [1.54, 1.807) is 30.3 Å². The molecular weight excluding hydrogens is 430 g/mol. The number of para-hydroxylation sites is 1. The summed E-state index contributed by atoms with van der Waals surface area (Å²) in [4.78, 5) is 34.5. The smallest absolute Gasteiger partial charge is 0.362 e. The van der Waals surface area contributed by atoms with Crippen LogP contribution in [0.3, 0.4) is 0 Å². The number of ether oxygens (including phenoxy) is 1. The third-order valence-corrected chi connectivity index (χ3v) is 5.11. The largest absolute Gasteiger partial charge is 0.461 e. The van der Waals surface area contributed by atoms with Crippen LogP contribution >= 0.6 is 0 Å². The molecule has 160 valence electrons. The minimum atomic E-state index is -4.63. The number of carbonyl (C=O) groups is 1. The van der Waals surface area contributed by atoms with Gasteiger partial charge in [-0.1, -0.05) is 24.3 Å². The first-order chi connectivity index (χ1) is 14.7. The molecule has 0 N–H and O–H groups in total. The summed E-state index contributed by atoms with van der Waals surface area (Å²) in [6, 6.07) is 13.0. The molecule has 2 aromatic carbocycles. The van der Waals surface area contributed by atoms with Gasteiger partial charge in [0.15, 0.2) is 5.75 Å². The molecule has 0 saturated heterocycles. The molecule has 0 fully saturated rings. The molecular formula is C19H15N3O8S. The zero-order valence-electron chi connectivity index (χ0n) is 16.0. The highest BCUT2D eigenvalue weighted by Crippen LogP contribution is 2.24. The summed E-state index contributed by atoms with van der Waals surface area (Å²) in [5.41, 5.74) is -1.48. The van der Waals surface area contributed by atoms with Crippen molar-refractivity contribution in [1.29, 1.82) is 0 Å². The van der Waals surface area contributed by atoms with Gasteiger partial charge < -0.3 is 8.92 Å². The highest BCUT2D eigenvalue weighted by atomic mass is 32.2. The number of benzene rings is 2. The van der Waals surface area contributed by atoms with Crippen molar-refractivity contribution in [2.24, 2.45) is 0 Å². The third kappa shape index (κ3) is 4.75. The van der Waals surface area contributed by atoms with Gasteiger partial charge in [-0.25, -0.2) is 4.79 Å². The van der Waals surface area contributed by atoms with Crippen molar-refractivity contribution in [1.82, 2.24) is 9.78 Å². The Bertz CT molecular complexity index is 1300. The number of non-ortho nitro benzene ring substituents is 1. The second kappa shape index (κ2) is 8.75. The molecule has 0 atom stereocenters. The van der Waals surface area contributed by atoms with E-state index in [2.05, 4.69) is 5.10 Å². The van der Waals surface area contributed by atoms with E-state index in [0.29, 0.717) is 5.69 Å². The van der Waals surface area contributed by atoms with Gasteiger partial charge >= 0.3 is 16.1 Å². The lowest BCUT2D eigenvalue weighted by Crippen LogP contribution is -2.26. The first kappa shape index (κ1) is 21.6. The Kier molecular flexibility index (Phi) is 6.11. The summed E-state index contributed by atoms with van der Waals surface area (Å²) in [6.45, 7) is 1.49. The summed E-state index contributed by atoms with van der Waals surface area (Å²) < 4.78 is 36.0. The van der Waals surface area contributed by atoms with Crippen molar-refractivity contribution < 1.29 is 27.1 Å². The topological polar surface area (TPSA) is 148 Å². The maximum atomic E-state index is 12.6. The minimum absolute atomic E-state index is 0.0396. The quantitative estimate of drug-likeness (QED) is 0.231. The molecule has 0 aliphatic carbocycles. The van der Waals surface area contributed by atoms with E-state index in [4.69, 9.17) is 8.92 Å². The summed E-state index contributed by atoms with van der Waals surface area (Å²) in [5.74, 6) is -1.68. The van der Waals surface area contributed by atoms with Crippen LogP contribution in [0.5, 0.6) is 5.75 Å². The van der Waals surface area contributed by atoms with Crippen molar-refractivity contribution in [3.63, 3.8) is 0 Å². The molecule has 12 heteroatoms. The Hall–Kier alpha value is -4.06. The predicted molar refractivity (Wildman–Crippen MR) is 107 cm³/mol. The van der Waals surface area contributed by atoms with Crippen LogP contribution in [0.1, 0.15) is 17.4 Å². The summed E-state index contributed by atoms with van der Waals surface area (Å²) in [5, 5.41) is 14.8. The van der Waals surface area contributed by atoms with Crippen LogP contribution in [0.2, 0.25) is 0 Å². The van der Waals surface area contributed by atoms with Gasteiger partial charge in [-0.05, 0) is 25.1 Å². The molecule has 1 aromatic heterocycles. The second-order valence-electron chi connectivity index (χ2n) is 5.96. The zero-order chi connectivity index (χ0) is 22.6.